The number of rotatable bonds is 6. The molecule has 33 heavy (non-hydrogen) atoms. The number of nitrogens with one attached hydrogen (secondary N) is 1. The fourth-order valence-electron chi connectivity index (χ4n) is 3.08. The standard InChI is InChI=1S/C14H17F3N6O.C6H6O2S/c15-14(16,17)8-24-13-21-11(7-10-1-3-18-4-2-10)20-12(22-13)23-6-5-19-9-23;7-9(8)6-4-2-1-3-5-6/h5-6,9-10,18H,1-4,7-8H2;1-5,9H. The summed E-state index contributed by atoms with van der Waals surface area (Å²) in [6, 6.07) is 7.97. The third-order valence-electron chi connectivity index (χ3n) is 4.65. The van der Waals surface area contributed by atoms with E-state index in [0.717, 1.165) is 25.9 Å². The zero-order chi connectivity index (χ0) is 23.7. The predicted molar refractivity (Wildman–Crippen MR) is 113 cm³/mol. The lowest BCUT2D eigenvalue weighted by molar-refractivity contribution is -0.154. The Balaban J connectivity index is 0.000000286. The van der Waals surface area contributed by atoms with Gasteiger partial charge in [-0.3, -0.25) is 4.57 Å². The molecule has 2 aromatic heterocycles. The average Bonchev–Trinajstić information content (AvgIpc) is 3.34. The van der Waals surface area contributed by atoms with Gasteiger partial charge in [0.1, 0.15) is 12.2 Å². The number of imidazole rings is 1. The Morgan fingerprint density at radius 2 is 1.88 bits per heavy atom. The van der Waals surface area contributed by atoms with Crippen LogP contribution in [-0.2, 0) is 21.7 Å². The molecule has 0 aliphatic carbocycles. The van der Waals surface area contributed by atoms with E-state index in [4.69, 9.17) is 4.74 Å². The zero-order valence-electron chi connectivity index (χ0n) is 17.5. The van der Waals surface area contributed by atoms with Crippen molar-refractivity contribution < 1.29 is 26.7 Å². The molecule has 1 fully saturated rings. The van der Waals surface area contributed by atoms with Crippen molar-refractivity contribution >= 4 is 11.1 Å². The van der Waals surface area contributed by atoms with Gasteiger partial charge in [-0.05, 0) is 44.0 Å². The minimum Gasteiger partial charge on any atom is -0.612 e. The topological polar surface area (TPSA) is 118 Å². The number of halogens is 3. The summed E-state index contributed by atoms with van der Waals surface area (Å²) in [5.74, 6) is 1.01. The van der Waals surface area contributed by atoms with Crippen molar-refractivity contribution in [2.75, 3.05) is 19.7 Å². The largest absolute Gasteiger partial charge is 0.612 e. The Kier molecular flexibility index (Phi) is 8.86. The van der Waals surface area contributed by atoms with Gasteiger partial charge in [-0.1, -0.05) is 18.2 Å². The number of benzene rings is 1. The molecule has 3 heterocycles. The van der Waals surface area contributed by atoms with E-state index in [1.54, 1.807) is 36.5 Å². The van der Waals surface area contributed by atoms with Crippen molar-refractivity contribution in [3.05, 3.63) is 54.9 Å². The Bertz CT molecular complexity index is 1020. The van der Waals surface area contributed by atoms with Gasteiger partial charge >= 0.3 is 12.2 Å². The van der Waals surface area contributed by atoms with Crippen LogP contribution < -0.4 is 10.1 Å². The van der Waals surface area contributed by atoms with E-state index in [0.29, 0.717) is 23.1 Å². The molecule has 4 rings (SSSR count). The van der Waals surface area contributed by atoms with Gasteiger partial charge in [0, 0.05) is 18.8 Å². The van der Waals surface area contributed by atoms with Crippen molar-refractivity contribution in [3.8, 4) is 12.0 Å². The molecular weight excluding hydrogens is 461 g/mol. The molecule has 1 unspecified atom stereocenters. The summed E-state index contributed by atoms with van der Waals surface area (Å²) in [6.07, 6.45) is 2.70. The summed E-state index contributed by atoms with van der Waals surface area (Å²) >= 11 is -2.40. The summed E-state index contributed by atoms with van der Waals surface area (Å²) in [7, 11) is 0. The molecule has 1 atom stereocenters. The summed E-state index contributed by atoms with van der Waals surface area (Å²) < 4.78 is 63.8. The van der Waals surface area contributed by atoms with Gasteiger partial charge in [0.15, 0.2) is 11.5 Å². The number of hydrogen-bond acceptors (Lipinski definition) is 8. The minimum atomic E-state index is -4.45. The van der Waals surface area contributed by atoms with Crippen molar-refractivity contribution in [3.63, 3.8) is 0 Å². The molecule has 178 valence electrons. The highest BCUT2D eigenvalue weighted by Crippen LogP contribution is 2.20. The van der Waals surface area contributed by atoms with Gasteiger partial charge in [0.25, 0.3) is 0 Å². The minimum absolute atomic E-state index is 0.198. The smallest absolute Gasteiger partial charge is 0.422 e. The fourth-order valence-corrected chi connectivity index (χ4v) is 3.49. The fraction of sp³-hybridized carbons (Fsp3) is 0.400. The van der Waals surface area contributed by atoms with Gasteiger partial charge < -0.3 is 14.6 Å². The molecule has 1 N–H and O–H groups in total. The lowest BCUT2D eigenvalue weighted by Crippen LogP contribution is -2.29. The number of hydrogen-bond donors (Lipinski definition) is 1. The first-order valence-corrected chi connectivity index (χ1v) is 11.3. The number of piperidine rings is 1. The summed E-state index contributed by atoms with van der Waals surface area (Å²) in [5, 5.41) is 3.27. The number of ether oxygens (including phenoxy) is 1. The molecule has 13 heteroatoms. The normalized spacial score (nSPS) is 15.4. The van der Waals surface area contributed by atoms with Crippen LogP contribution in [0, 0.1) is 5.92 Å². The van der Waals surface area contributed by atoms with E-state index in [-0.39, 0.29) is 12.0 Å². The molecule has 0 spiro atoms. The Labute approximate surface area is 190 Å². The number of alkyl halides is 3. The molecule has 1 aromatic carbocycles. The first-order valence-electron chi connectivity index (χ1n) is 10.1. The molecule has 0 bridgehead atoms. The maximum atomic E-state index is 12.4. The second-order valence-electron chi connectivity index (χ2n) is 7.20. The van der Waals surface area contributed by atoms with Crippen LogP contribution in [0.15, 0.2) is 53.9 Å². The number of thiol groups is 1. The summed E-state index contributed by atoms with van der Waals surface area (Å²) in [6.45, 7) is 0.399. The molecular formula is C20H23F3N6O3S. The highest BCUT2D eigenvalue weighted by atomic mass is 32.2. The van der Waals surface area contributed by atoms with Gasteiger partial charge in [0.2, 0.25) is 5.95 Å². The molecule has 0 amide bonds. The van der Waals surface area contributed by atoms with E-state index < -0.39 is 23.9 Å². The van der Waals surface area contributed by atoms with Crippen molar-refractivity contribution in [2.45, 2.75) is 30.3 Å². The lowest BCUT2D eigenvalue weighted by Gasteiger charge is -2.22. The van der Waals surface area contributed by atoms with Gasteiger partial charge in [-0.2, -0.15) is 28.1 Å². The first kappa shape index (κ1) is 24.7. The van der Waals surface area contributed by atoms with E-state index in [1.807, 2.05) is 0 Å². The van der Waals surface area contributed by atoms with E-state index in [9.17, 15) is 21.9 Å². The van der Waals surface area contributed by atoms with Crippen molar-refractivity contribution in [1.82, 2.24) is 29.8 Å². The first-order chi connectivity index (χ1) is 15.8. The third kappa shape index (κ3) is 8.51. The van der Waals surface area contributed by atoms with Gasteiger partial charge in [-0.25, -0.2) is 4.98 Å². The number of nitrogens with zero attached hydrogens (tertiary/aromatic N) is 5. The zero-order valence-corrected chi connectivity index (χ0v) is 18.4. The van der Waals surface area contributed by atoms with Crippen LogP contribution in [-0.4, -0.2) is 54.9 Å². The molecule has 0 saturated carbocycles. The highest BCUT2D eigenvalue weighted by Gasteiger charge is 2.29. The Morgan fingerprint density at radius 3 is 2.45 bits per heavy atom. The summed E-state index contributed by atoms with van der Waals surface area (Å²) in [5.41, 5.74) is 0. The van der Waals surface area contributed by atoms with E-state index >= 15 is 0 Å². The molecule has 1 aliphatic heterocycles. The van der Waals surface area contributed by atoms with Crippen LogP contribution in [0.3, 0.4) is 0 Å². The maximum Gasteiger partial charge on any atom is 0.422 e. The van der Waals surface area contributed by atoms with Crippen LogP contribution in [0.1, 0.15) is 18.7 Å². The van der Waals surface area contributed by atoms with Crippen LogP contribution in [0.25, 0.3) is 5.95 Å². The molecule has 1 aliphatic rings. The second-order valence-corrected chi connectivity index (χ2v) is 8.23. The Hall–Kier alpha value is -2.90. The summed E-state index contributed by atoms with van der Waals surface area (Å²) in [4.78, 5) is 16.6. The van der Waals surface area contributed by atoms with Crippen molar-refractivity contribution in [1.29, 1.82) is 0 Å². The van der Waals surface area contributed by atoms with Crippen LogP contribution in [0.2, 0.25) is 0 Å². The highest BCUT2D eigenvalue weighted by molar-refractivity contribution is 7.79. The molecule has 9 nitrogen and oxygen atoms in total. The Morgan fingerprint density at radius 1 is 1.15 bits per heavy atom. The molecule has 1 saturated heterocycles. The molecule has 0 radical (unpaired) electrons. The quantitative estimate of drug-likeness (QED) is 0.419. The maximum absolute atomic E-state index is 12.4. The van der Waals surface area contributed by atoms with Crippen LogP contribution in [0.5, 0.6) is 6.01 Å². The second kappa shape index (κ2) is 11.8. The average molecular weight is 485 g/mol. The number of aromatic nitrogens is 5. The lowest BCUT2D eigenvalue weighted by atomic mass is 9.94. The predicted octanol–water partition coefficient (Wildman–Crippen LogP) is 2.41. The van der Waals surface area contributed by atoms with Crippen LogP contribution >= 0.6 is 0 Å². The third-order valence-corrected chi connectivity index (χ3v) is 5.37. The van der Waals surface area contributed by atoms with Gasteiger partial charge in [0.05, 0.1) is 11.1 Å². The van der Waals surface area contributed by atoms with E-state index in [1.165, 1.54) is 17.1 Å². The van der Waals surface area contributed by atoms with E-state index in [2.05, 4.69) is 25.3 Å². The van der Waals surface area contributed by atoms with Gasteiger partial charge in [-0.15, -0.1) is 4.21 Å². The monoisotopic (exact) mass is 484 g/mol. The van der Waals surface area contributed by atoms with Crippen molar-refractivity contribution in [2.24, 2.45) is 5.92 Å². The van der Waals surface area contributed by atoms with Crippen LogP contribution in [0.4, 0.5) is 13.2 Å². The molecule has 3 aromatic rings. The SMILES string of the molecule is FC(F)(F)COc1nc(CC2CCNCC2)nc(-n2ccnc2)n1.O=[SH+]([O-])c1ccccc1.